The van der Waals surface area contributed by atoms with Gasteiger partial charge in [0.2, 0.25) is 0 Å². The number of nitrogens with one attached hydrogen (secondary N) is 1. The van der Waals surface area contributed by atoms with Crippen molar-refractivity contribution in [2.75, 3.05) is 7.05 Å². The van der Waals surface area contributed by atoms with Crippen molar-refractivity contribution < 1.29 is 0 Å². The Hall–Kier alpha value is -0.930. The molecule has 3 nitrogen and oxygen atoms in total. The first-order chi connectivity index (χ1) is 8.74. The molecule has 18 heavy (non-hydrogen) atoms. The van der Waals surface area contributed by atoms with Crippen LogP contribution < -0.4 is 5.32 Å². The molecule has 1 N–H and O–H groups in total. The molecule has 0 aromatic carbocycles. The molecule has 2 aliphatic rings. The molecule has 2 fully saturated rings. The zero-order valence-corrected chi connectivity index (χ0v) is 11.3. The van der Waals surface area contributed by atoms with Crippen LogP contribution in [-0.4, -0.2) is 35.1 Å². The van der Waals surface area contributed by atoms with Crippen LogP contribution >= 0.6 is 0 Å². The third-order valence-electron chi connectivity index (χ3n) is 4.77. The lowest BCUT2D eigenvalue weighted by Gasteiger charge is -2.38. The van der Waals surface area contributed by atoms with Crippen molar-refractivity contribution >= 4 is 0 Å². The van der Waals surface area contributed by atoms with Crippen LogP contribution in [-0.2, 0) is 0 Å². The monoisotopic (exact) mass is 245 g/mol. The Bertz CT molecular complexity index is 378. The molecule has 0 saturated carbocycles. The Kier molecular flexibility index (Phi) is 3.35. The highest BCUT2D eigenvalue weighted by atomic mass is 15.2. The fourth-order valence-corrected chi connectivity index (χ4v) is 3.63. The lowest BCUT2D eigenvalue weighted by atomic mass is 9.96. The molecule has 0 radical (unpaired) electrons. The molecule has 2 bridgehead atoms. The highest BCUT2D eigenvalue weighted by molar-refractivity contribution is 5.13. The van der Waals surface area contributed by atoms with Gasteiger partial charge in [-0.3, -0.25) is 4.98 Å². The van der Waals surface area contributed by atoms with E-state index < -0.39 is 0 Å². The van der Waals surface area contributed by atoms with Gasteiger partial charge in [0.15, 0.2) is 0 Å². The number of fused-ring (bicyclic) bond motifs is 2. The van der Waals surface area contributed by atoms with Crippen LogP contribution in [0.2, 0.25) is 0 Å². The van der Waals surface area contributed by atoms with Gasteiger partial charge in [-0.2, -0.15) is 0 Å². The van der Waals surface area contributed by atoms with Gasteiger partial charge in [0, 0.05) is 36.6 Å². The van der Waals surface area contributed by atoms with E-state index in [0.717, 1.165) is 12.1 Å². The lowest BCUT2D eigenvalue weighted by molar-refractivity contribution is 0.144. The topological polar surface area (TPSA) is 28.2 Å². The molecular formula is C15H23N3. The molecule has 0 aliphatic carbocycles. The first kappa shape index (κ1) is 12.1. The second-order valence-corrected chi connectivity index (χ2v) is 5.89. The van der Waals surface area contributed by atoms with Gasteiger partial charge in [-0.15, -0.1) is 0 Å². The van der Waals surface area contributed by atoms with E-state index in [1.165, 1.54) is 31.2 Å². The standard InChI is InChI=1S/C15H23N3/c1-11(12-4-3-7-16-10-12)17-13-8-14-5-6-15(9-13)18(14)2/h3-4,7,10-11,13-15,17H,5-6,8-9H2,1-2H3/t11-,13?,14?,15?/m0/s1. The molecule has 3 heteroatoms. The first-order valence-corrected chi connectivity index (χ1v) is 7.12. The van der Waals surface area contributed by atoms with Crippen LogP contribution in [0, 0.1) is 0 Å². The van der Waals surface area contributed by atoms with Crippen LogP contribution in [0.4, 0.5) is 0 Å². The van der Waals surface area contributed by atoms with Gasteiger partial charge < -0.3 is 10.2 Å². The second-order valence-electron chi connectivity index (χ2n) is 5.89. The minimum atomic E-state index is 0.409. The number of nitrogens with zero attached hydrogens (tertiary/aromatic N) is 2. The second kappa shape index (κ2) is 4.98. The number of hydrogen-bond donors (Lipinski definition) is 1. The Morgan fingerprint density at radius 3 is 2.67 bits per heavy atom. The molecule has 2 unspecified atom stereocenters. The fourth-order valence-electron chi connectivity index (χ4n) is 3.63. The summed E-state index contributed by atoms with van der Waals surface area (Å²) in [5.74, 6) is 0. The molecule has 1 aromatic heterocycles. The van der Waals surface area contributed by atoms with Crippen molar-refractivity contribution in [1.82, 2.24) is 15.2 Å². The van der Waals surface area contributed by atoms with Crippen LogP contribution in [0.5, 0.6) is 0 Å². The van der Waals surface area contributed by atoms with Gasteiger partial charge in [-0.25, -0.2) is 0 Å². The predicted molar refractivity (Wildman–Crippen MR) is 73.4 cm³/mol. The Labute approximate surface area is 110 Å². The Balaban J connectivity index is 1.61. The van der Waals surface area contributed by atoms with Crippen molar-refractivity contribution in [3.05, 3.63) is 30.1 Å². The summed E-state index contributed by atoms with van der Waals surface area (Å²) in [6.45, 7) is 2.25. The summed E-state index contributed by atoms with van der Waals surface area (Å²) in [5, 5.41) is 3.79. The summed E-state index contributed by atoms with van der Waals surface area (Å²) in [6, 6.07) is 6.88. The third kappa shape index (κ3) is 2.29. The quantitative estimate of drug-likeness (QED) is 0.886. The van der Waals surface area contributed by atoms with Gasteiger partial charge in [0.1, 0.15) is 0 Å². The van der Waals surface area contributed by atoms with E-state index in [2.05, 4.69) is 35.2 Å². The van der Waals surface area contributed by atoms with E-state index in [9.17, 15) is 0 Å². The predicted octanol–water partition coefficient (Wildman–Crippen LogP) is 2.36. The minimum absolute atomic E-state index is 0.409. The molecule has 2 saturated heterocycles. The zero-order valence-electron chi connectivity index (χ0n) is 11.3. The van der Waals surface area contributed by atoms with Crippen molar-refractivity contribution in [2.24, 2.45) is 0 Å². The van der Waals surface area contributed by atoms with Crippen molar-refractivity contribution in [2.45, 2.75) is 56.8 Å². The van der Waals surface area contributed by atoms with Crippen LogP contribution in [0.1, 0.15) is 44.2 Å². The van der Waals surface area contributed by atoms with Crippen LogP contribution in [0.15, 0.2) is 24.5 Å². The van der Waals surface area contributed by atoms with E-state index in [-0.39, 0.29) is 0 Å². The van der Waals surface area contributed by atoms with Gasteiger partial charge in [0.25, 0.3) is 0 Å². The summed E-state index contributed by atoms with van der Waals surface area (Å²) in [4.78, 5) is 6.80. The highest BCUT2D eigenvalue weighted by Crippen LogP contribution is 2.34. The van der Waals surface area contributed by atoms with Crippen LogP contribution in [0.3, 0.4) is 0 Å². The average Bonchev–Trinajstić information content (AvgIpc) is 2.63. The number of pyridine rings is 1. The lowest BCUT2D eigenvalue weighted by Crippen LogP contribution is -2.47. The molecule has 3 atom stereocenters. The number of hydrogen-bond acceptors (Lipinski definition) is 3. The SMILES string of the molecule is C[C@H](NC1CC2CCC(C1)N2C)c1cccnc1. The normalized spacial score (nSPS) is 33.6. The van der Waals surface area contributed by atoms with E-state index in [1.807, 2.05) is 18.5 Å². The van der Waals surface area contributed by atoms with Gasteiger partial charge in [0.05, 0.1) is 0 Å². The van der Waals surface area contributed by atoms with Crippen molar-refractivity contribution in [1.29, 1.82) is 0 Å². The van der Waals surface area contributed by atoms with Crippen LogP contribution in [0.25, 0.3) is 0 Å². The summed E-state index contributed by atoms with van der Waals surface area (Å²) in [5.41, 5.74) is 1.30. The smallest absolute Gasteiger partial charge is 0.0315 e. The molecule has 0 amide bonds. The molecule has 0 spiro atoms. The summed E-state index contributed by atoms with van der Waals surface area (Å²) in [7, 11) is 2.29. The van der Waals surface area contributed by atoms with Crippen molar-refractivity contribution in [3.8, 4) is 0 Å². The van der Waals surface area contributed by atoms with Crippen molar-refractivity contribution in [3.63, 3.8) is 0 Å². The highest BCUT2D eigenvalue weighted by Gasteiger charge is 2.38. The molecule has 1 aromatic rings. The minimum Gasteiger partial charge on any atom is -0.307 e. The molecule has 3 rings (SSSR count). The first-order valence-electron chi connectivity index (χ1n) is 7.12. The zero-order chi connectivity index (χ0) is 12.5. The van der Waals surface area contributed by atoms with E-state index in [4.69, 9.17) is 0 Å². The van der Waals surface area contributed by atoms with E-state index >= 15 is 0 Å². The summed E-state index contributed by atoms with van der Waals surface area (Å²) in [6.07, 6.45) is 9.20. The van der Waals surface area contributed by atoms with E-state index in [0.29, 0.717) is 12.1 Å². The third-order valence-corrected chi connectivity index (χ3v) is 4.77. The molecule has 98 valence electrons. The largest absolute Gasteiger partial charge is 0.307 e. The Morgan fingerprint density at radius 1 is 1.33 bits per heavy atom. The van der Waals surface area contributed by atoms with E-state index in [1.54, 1.807) is 0 Å². The maximum atomic E-state index is 4.20. The summed E-state index contributed by atoms with van der Waals surface area (Å²) < 4.78 is 0. The number of aromatic nitrogens is 1. The van der Waals surface area contributed by atoms with Gasteiger partial charge >= 0.3 is 0 Å². The van der Waals surface area contributed by atoms with Gasteiger partial charge in [-0.05, 0) is 51.3 Å². The molecular weight excluding hydrogens is 222 g/mol. The average molecular weight is 245 g/mol. The fraction of sp³-hybridized carbons (Fsp3) is 0.667. The maximum absolute atomic E-state index is 4.20. The summed E-state index contributed by atoms with van der Waals surface area (Å²) >= 11 is 0. The Morgan fingerprint density at radius 2 is 2.06 bits per heavy atom. The number of piperidine rings is 1. The van der Waals surface area contributed by atoms with Gasteiger partial charge in [-0.1, -0.05) is 6.07 Å². The maximum Gasteiger partial charge on any atom is 0.0315 e. The number of rotatable bonds is 3. The molecule has 2 aliphatic heterocycles. The molecule has 3 heterocycles.